The van der Waals surface area contributed by atoms with Crippen LogP contribution < -0.4 is 4.89 Å². The van der Waals surface area contributed by atoms with Crippen LogP contribution in [-0.4, -0.2) is 31.1 Å². The van der Waals surface area contributed by atoms with Gasteiger partial charge in [0, 0.05) is 5.33 Å². The van der Waals surface area contributed by atoms with Crippen molar-refractivity contribution >= 4 is 29.7 Å². The molecule has 8 heteroatoms. The number of aryl methyl sites for hydroxylation is 1. The molecular formula is C29H49BrO6P-. The molecule has 0 N–H and O–H groups in total. The minimum Gasteiger partial charge on any atom is -0.756 e. The molecule has 1 atom stereocenters. The number of esters is 1. The maximum Gasteiger partial charge on any atom is 0.338 e. The number of alkyl halides is 1. The molecule has 1 aromatic rings. The van der Waals surface area contributed by atoms with E-state index in [4.69, 9.17) is 9.26 Å². The summed E-state index contributed by atoms with van der Waals surface area (Å²) in [7, 11) is -4.11. The lowest BCUT2D eigenvalue weighted by molar-refractivity contribution is -0.225. The van der Waals surface area contributed by atoms with Crippen molar-refractivity contribution in [3.8, 4) is 0 Å². The minimum atomic E-state index is -4.11. The number of phosphoric acid groups is 1. The molecule has 37 heavy (non-hydrogen) atoms. The summed E-state index contributed by atoms with van der Waals surface area (Å²) in [5.74, 6) is -0.241. The summed E-state index contributed by atoms with van der Waals surface area (Å²) in [5.41, 5.74) is 1.93. The van der Waals surface area contributed by atoms with Gasteiger partial charge in [0.15, 0.2) is 0 Å². The van der Waals surface area contributed by atoms with Gasteiger partial charge in [0.05, 0.1) is 25.4 Å². The lowest BCUT2D eigenvalue weighted by Crippen LogP contribution is -2.10. The highest BCUT2D eigenvalue weighted by Gasteiger charge is 2.08. The van der Waals surface area contributed by atoms with Gasteiger partial charge in [-0.1, -0.05) is 118 Å². The van der Waals surface area contributed by atoms with Crippen molar-refractivity contribution in [3.63, 3.8) is 0 Å². The number of phosphoric ester groups is 1. The number of hydrogen-bond acceptors (Lipinski definition) is 6. The molecule has 0 fully saturated rings. The molecule has 0 aliphatic rings. The molecule has 0 aromatic heterocycles. The maximum absolute atomic E-state index is 11.7. The van der Waals surface area contributed by atoms with E-state index in [2.05, 4.69) is 20.5 Å². The lowest BCUT2D eigenvalue weighted by atomic mass is 10.0. The highest BCUT2D eigenvalue weighted by Crippen LogP contribution is 2.38. The van der Waals surface area contributed by atoms with Crippen molar-refractivity contribution in [2.75, 3.05) is 25.2 Å². The standard InChI is InChI=1S/C29H50BrO6P/c1-2-34-29(31)28-22-20-27(21-23-28)19-17-15-13-11-9-7-5-3-4-6-8-10-12-14-16-18-25-35-37(32,33)36-26-24-30/h20-23H,2-19,24-26H2,1H3,(H,32,33)/p-1. The first kappa shape index (κ1) is 34.3. The predicted octanol–water partition coefficient (Wildman–Crippen LogP) is 8.54. The highest BCUT2D eigenvalue weighted by molar-refractivity contribution is 9.09. The molecule has 1 rings (SSSR count). The lowest BCUT2D eigenvalue weighted by Gasteiger charge is -2.22. The van der Waals surface area contributed by atoms with Crippen molar-refractivity contribution in [1.82, 2.24) is 0 Å². The largest absolute Gasteiger partial charge is 0.756 e. The fraction of sp³-hybridized carbons (Fsp3) is 0.759. The van der Waals surface area contributed by atoms with Crippen LogP contribution in [0.3, 0.4) is 0 Å². The van der Waals surface area contributed by atoms with E-state index in [-0.39, 0.29) is 19.2 Å². The molecule has 0 saturated carbocycles. The van der Waals surface area contributed by atoms with Gasteiger partial charge in [0.2, 0.25) is 0 Å². The van der Waals surface area contributed by atoms with Crippen LogP contribution in [-0.2, 0) is 24.8 Å². The van der Waals surface area contributed by atoms with E-state index < -0.39 is 7.82 Å². The molecule has 1 aromatic carbocycles. The fourth-order valence-electron chi connectivity index (χ4n) is 4.29. The quantitative estimate of drug-likeness (QED) is 0.0481. The number of benzene rings is 1. The molecule has 0 aliphatic heterocycles. The zero-order chi connectivity index (χ0) is 27.0. The van der Waals surface area contributed by atoms with Crippen molar-refractivity contribution in [2.24, 2.45) is 0 Å². The maximum atomic E-state index is 11.7. The Labute approximate surface area is 234 Å². The minimum absolute atomic E-state index is 0.112. The van der Waals surface area contributed by atoms with E-state index in [1.54, 1.807) is 0 Å². The Hall–Kier alpha value is -0.720. The number of rotatable bonds is 25. The first-order valence-electron chi connectivity index (χ1n) is 14.4. The second-order valence-electron chi connectivity index (χ2n) is 9.63. The zero-order valence-electron chi connectivity index (χ0n) is 22.9. The SMILES string of the molecule is CCOC(=O)c1ccc(CCCCCCCCCCCCCCCCCCOP(=O)([O-])OCCBr)cc1. The van der Waals surface area contributed by atoms with Gasteiger partial charge in [0.25, 0.3) is 7.82 Å². The highest BCUT2D eigenvalue weighted by atomic mass is 79.9. The van der Waals surface area contributed by atoms with Gasteiger partial charge in [-0.2, -0.15) is 0 Å². The van der Waals surface area contributed by atoms with Crippen LogP contribution in [0.4, 0.5) is 0 Å². The molecule has 0 saturated heterocycles. The second-order valence-corrected chi connectivity index (χ2v) is 11.8. The topological polar surface area (TPSA) is 84.9 Å². The summed E-state index contributed by atoms with van der Waals surface area (Å²) < 4.78 is 25.9. The van der Waals surface area contributed by atoms with Gasteiger partial charge in [0.1, 0.15) is 0 Å². The number of unbranched alkanes of at least 4 members (excludes halogenated alkanes) is 15. The van der Waals surface area contributed by atoms with E-state index in [0.29, 0.717) is 17.5 Å². The smallest absolute Gasteiger partial charge is 0.338 e. The molecule has 0 radical (unpaired) electrons. The van der Waals surface area contributed by atoms with E-state index in [0.717, 1.165) is 25.7 Å². The van der Waals surface area contributed by atoms with Gasteiger partial charge >= 0.3 is 5.97 Å². The van der Waals surface area contributed by atoms with Gasteiger partial charge in [-0.05, 0) is 43.9 Å². The van der Waals surface area contributed by atoms with Crippen molar-refractivity contribution in [1.29, 1.82) is 0 Å². The Morgan fingerprint density at radius 3 is 1.62 bits per heavy atom. The van der Waals surface area contributed by atoms with Crippen LogP contribution in [0.15, 0.2) is 24.3 Å². The Morgan fingerprint density at radius 2 is 1.16 bits per heavy atom. The molecule has 0 bridgehead atoms. The summed E-state index contributed by atoms with van der Waals surface area (Å²) in [5, 5.41) is 0.475. The predicted molar refractivity (Wildman–Crippen MR) is 153 cm³/mol. The number of ether oxygens (including phenoxy) is 1. The third kappa shape index (κ3) is 19.9. The molecule has 214 valence electrons. The van der Waals surface area contributed by atoms with Crippen LogP contribution >= 0.6 is 23.8 Å². The number of halogens is 1. The molecule has 0 aliphatic carbocycles. The molecule has 0 spiro atoms. The zero-order valence-corrected chi connectivity index (χ0v) is 25.4. The van der Waals surface area contributed by atoms with Crippen LogP contribution in [0.5, 0.6) is 0 Å². The molecule has 0 heterocycles. The third-order valence-corrected chi connectivity index (χ3v) is 7.72. The van der Waals surface area contributed by atoms with Crippen LogP contribution in [0, 0.1) is 0 Å². The van der Waals surface area contributed by atoms with E-state index in [1.807, 2.05) is 31.2 Å². The Bertz CT molecular complexity index is 728. The Kier molecular flexibility index (Phi) is 21.5. The number of carbonyl (C=O) groups excluding carboxylic acids is 1. The summed E-state index contributed by atoms with van der Waals surface area (Å²) in [4.78, 5) is 23.1. The summed E-state index contributed by atoms with van der Waals surface area (Å²) in [6.45, 7) is 2.57. The van der Waals surface area contributed by atoms with Gasteiger partial charge < -0.3 is 18.7 Å². The first-order chi connectivity index (χ1) is 18.0. The molecule has 6 nitrogen and oxygen atoms in total. The van der Waals surface area contributed by atoms with E-state index in [1.165, 1.54) is 89.0 Å². The average Bonchev–Trinajstić information content (AvgIpc) is 2.89. The monoisotopic (exact) mass is 603 g/mol. The first-order valence-corrected chi connectivity index (χ1v) is 17.0. The van der Waals surface area contributed by atoms with Gasteiger partial charge in [-0.3, -0.25) is 4.57 Å². The van der Waals surface area contributed by atoms with E-state index in [9.17, 15) is 14.3 Å². The van der Waals surface area contributed by atoms with Crippen LogP contribution in [0.1, 0.15) is 126 Å². The van der Waals surface area contributed by atoms with Crippen molar-refractivity contribution < 1.29 is 28.0 Å². The van der Waals surface area contributed by atoms with Crippen molar-refractivity contribution in [2.45, 2.75) is 116 Å². The molecular weight excluding hydrogens is 555 g/mol. The Balaban J connectivity index is 1.80. The van der Waals surface area contributed by atoms with Gasteiger partial charge in [-0.15, -0.1) is 0 Å². The van der Waals surface area contributed by atoms with Crippen LogP contribution in [0.2, 0.25) is 0 Å². The van der Waals surface area contributed by atoms with Crippen molar-refractivity contribution in [3.05, 3.63) is 35.4 Å². The summed E-state index contributed by atoms with van der Waals surface area (Å²) in [6.07, 6.45) is 21.0. The number of hydrogen-bond donors (Lipinski definition) is 0. The fourth-order valence-corrected chi connectivity index (χ4v) is 5.44. The second kappa shape index (κ2) is 23.2. The van der Waals surface area contributed by atoms with E-state index >= 15 is 0 Å². The normalized spacial score (nSPS) is 12.9. The molecule has 1 unspecified atom stereocenters. The summed E-state index contributed by atoms with van der Waals surface area (Å²) in [6, 6.07) is 7.83. The summed E-state index contributed by atoms with van der Waals surface area (Å²) >= 11 is 3.12. The Morgan fingerprint density at radius 1 is 0.730 bits per heavy atom. The average molecular weight is 605 g/mol. The van der Waals surface area contributed by atoms with Gasteiger partial charge in [-0.25, -0.2) is 4.79 Å². The third-order valence-electron chi connectivity index (χ3n) is 6.40. The number of carbonyl (C=O) groups is 1. The molecule has 0 amide bonds. The van der Waals surface area contributed by atoms with Crippen LogP contribution in [0.25, 0.3) is 0 Å².